The van der Waals surface area contributed by atoms with Crippen molar-refractivity contribution in [3.05, 3.63) is 22.7 Å². The van der Waals surface area contributed by atoms with Gasteiger partial charge in [-0.1, -0.05) is 25.4 Å². The molecule has 1 aromatic carbocycles. The summed E-state index contributed by atoms with van der Waals surface area (Å²) in [6, 6.07) is 3.77. The van der Waals surface area contributed by atoms with Gasteiger partial charge in [0.1, 0.15) is 0 Å². The normalized spacial score (nSPS) is 12.8. The van der Waals surface area contributed by atoms with E-state index in [2.05, 4.69) is 26.1 Å². The van der Waals surface area contributed by atoms with E-state index in [1.54, 1.807) is 12.1 Å². The standard InChI is InChI=1S/C14H22ClNO2/c1-9(2)5-10(3)16-8-11-6-12(15)7-13(18-4)14(11)17/h6-7,9-10,16-17H,5,8H2,1-4H3. The summed E-state index contributed by atoms with van der Waals surface area (Å²) in [6.07, 6.45) is 1.10. The van der Waals surface area contributed by atoms with Crippen LogP contribution >= 0.6 is 11.6 Å². The SMILES string of the molecule is COc1cc(Cl)cc(CNC(C)CC(C)C)c1O. The smallest absolute Gasteiger partial charge is 0.162 e. The molecule has 0 saturated carbocycles. The Bertz CT molecular complexity index is 394. The molecule has 2 N–H and O–H groups in total. The first-order chi connectivity index (χ1) is 8.43. The van der Waals surface area contributed by atoms with Crippen LogP contribution in [0.15, 0.2) is 12.1 Å². The summed E-state index contributed by atoms with van der Waals surface area (Å²) in [6.45, 7) is 7.10. The fourth-order valence-electron chi connectivity index (χ4n) is 1.99. The van der Waals surface area contributed by atoms with Crippen molar-refractivity contribution in [1.29, 1.82) is 0 Å². The number of methoxy groups -OCH3 is 1. The maximum atomic E-state index is 9.98. The summed E-state index contributed by atoms with van der Waals surface area (Å²) in [5.41, 5.74) is 0.759. The Kier molecular flexibility index (Phi) is 5.76. The molecule has 0 spiro atoms. The molecule has 18 heavy (non-hydrogen) atoms. The minimum Gasteiger partial charge on any atom is -0.504 e. The maximum Gasteiger partial charge on any atom is 0.162 e. The Morgan fingerprint density at radius 3 is 2.56 bits per heavy atom. The van der Waals surface area contributed by atoms with Crippen LogP contribution in [0.2, 0.25) is 5.02 Å². The molecule has 0 fully saturated rings. The molecule has 0 heterocycles. The lowest BCUT2D eigenvalue weighted by Crippen LogP contribution is -2.26. The summed E-state index contributed by atoms with van der Waals surface area (Å²) >= 11 is 5.98. The maximum absolute atomic E-state index is 9.98. The highest BCUT2D eigenvalue weighted by Gasteiger charge is 2.11. The van der Waals surface area contributed by atoms with Crippen molar-refractivity contribution in [2.24, 2.45) is 5.92 Å². The molecule has 1 rings (SSSR count). The van der Waals surface area contributed by atoms with Crippen LogP contribution in [0, 0.1) is 5.92 Å². The van der Waals surface area contributed by atoms with E-state index in [9.17, 15) is 5.11 Å². The van der Waals surface area contributed by atoms with E-state index in [1.807, 2.05) is 0 Å². The van der Waals surface area contributed by atoms with E-state index in [1.165, 1.54) is 7.11 Å². The topological polar surface area (TPSA) is 41.5 Å². The minimum absolute atomic E-state index is 0.158. The molecule has 102 valence electrons. The molecule has 0 bridgehead atoms. The first kappa shape index (κ1) is 15.1. The van der Waals surface area contributed by atoms with Gasteiger partial charge in [-0.05, 0) is 25.3 Å². The zero-order chi connectivity index (χ0) is 13.7. The second kappa shape index (κ2) is 6.86. The van der Waals surface area contributed by atoms with Crippen molar-refractivity contribution in [1.82, 2.24) is 5.32 Å². The number of ether oxygens (including phenoxy) is 1. The predicted molar refractivity (Wildman–Crippen MR) is 75.4 cm³/mol. The van der Waals surface area contributed by atoms with Crippen molar-refractivity contribution in [3.63, 3.8) is 0 Å². The number of aromatic hydroxyl groups is 1. The molecule has 0 aromatic heterocycles. The van der Waals surface area contributed by atoms with E-state index in [4.69, 9.17) is 16.3 Å². The third kappa shape index (κ3) is 4.39. The summed E-state index contributed by atoms with van der Waals surface area (Å²) in [5.74, 6) is 1.22. The average Bonchev–Trinajstić information content (AvgIpc) is 2.28. The lowest BCUT2D eigenvalue weighted by Gasteiger charge is -2.17. The van der Waals surface area contributed by atoms with Gasteiger partial charge in [0, 0.05) is 29.2 Å². The third-order valence-electron chi connectivity index (χ3n) is 2.80. The highest BCUT2D eigenvalue weighted by Crippen LogP contribution is 2.33. The molecular weight excluding hydrogens is 250 g/mol. The molecule has 0 aliphatic carbocycles. The monoisotopic (exact) mass is 271 g/mol. The lowest BCUT2D eigenvalue weighted by atomic mass is 10.0. The average molecular weight is 272 g/mol. The molecule has 0 aliphatic heterocycles. The molecule has 0 saturated heterocycles. The van der Waals surface area contributed by atoms with Gasteiger partial charge in [-0.3, -0.25) is 0 Å². The number of halogens is 1. The van der Waals surface area contributed by atoms with Crippen LogP contribution in [0.5, 0.6) is 11.5 Å². The Labute approximate surface area is 114 Å². The van der Waals surface area contributed by atoms with Crippen LogP contribution in [0.25, 0.3) is 0 Å². The van der Waals surface area contributed by atoms with Gasteiger partial charge < -0.3 is 15.2 Å². The molecule has 0 amide bonds. The van der Waals surface area contributed by atoms with Crippen molar-refractivity contribution in [2.75, 3.05) is 7.11 Å². The first-order valence-electron chi connectivity index (χ1n) is 6.22. The summed E-state index contributed by atoms with van der Waals surface area (Å²) in [7, 11) is 1.52. The number of hydrogen-bond donors (Lipinski definition) is 2. The number of phenols is 1. The van der Waals surface area contributed by atoms with E-state index in [0.717, 1.165) is 12.0 Å². The van der Waals surface area contributed by atoms with Crippen LogP contribution in [-0.2, 0) is 6.54 Å². The zero-order valence-electron chi connectivity index (χ0n) is 11.5. The summed E-state index contributed by atoms with van der Waals surface area (Å²) in [5, 5.41) is 13.9. The second-order valence-electron chi connectivity index (χ2n) is 5.03. The Hall–Kier alpha value is -0.930. The van der Waals surface area contributed by atoms with Gasteiger partial charge >= 0.3 is 0 Å². The minimum atomic E-state index is 0.158. The molecule has 1 atom stereocenters. The van der Waals surface area contributed by atoms with Crippen molar-refractivity contribution >= 4 is 11.6 Å². The van der Waals surface area contributed by atoms with Crippen LogP contribution in [0.3, 0.4) is 0 Å². The van der Waals surface area contributed by atoms with Gasteiger partial charge in [-0.2, -0.15) is 0 Å². The van der Waals surface area contributed by atoms with Gasteiger partial charge in [0.05, 0.1) is 7.11 Å². The number of phenolic OH excluding ortho intramolecular Hbond substituents is 1. The highest BCUT2D eigenvalue weighted by molar-refractivity contribution is 6.30. The van der Waals surface area contributed by atoms with E-state index < -0.39 is 0 Å². The van der Waals surface area contributed by atoms with Gasteiger partial charge in [0.2, 0.25) is 0 Å². The van der Waals surface area contributed by atoms with Crippen LogP contribution < -0.4 is 10.1 Å². The predicted octanol–water partition coefficient (Wildman–Crippen LogP) is 3.58. The number of hydrogen-bond acceptors (Lipinski definition) is 3. The first-order valence-corrected chi connectivity index (χ1v) is 6.60. The van der Waals surface area contributed by atoms with Crippen LogP contribution in [-0.4, -0.2) is 18.3 Å². The van der Waals surface area contributed by atoms with E-state index in [-0.39, 0.29) is 5.75 Å². The molecular formula is C14H22ClNO2. The van der Waals surface area contributed by atoms with Crippen molar-refractivity contribution in [3.8, 4) is 11.5 Å². The third-order valence-corrected chi connectivity index (χ3v) is 3.02. The Morgan fingerprint density at radius 2 is 2.00 bits per heavy atom. The summed E-state index contributed by atoms with van der Waals surface area (Å²) in [4.78, 5) is 0. The van der Waals surface area contributed by atoms with Gasteiger partial charge in [0.15, 0.2) is 11.5 Å². The molecule has 3 nitrogen and oxygen atoms in total. The number of nitrogens with one attached hydrogen (secondary N) is 1. The van der Waals surface area contributed by atoms with Gasteiger partial charge in [0.25, 0.3) is 0 Å². The van der Waals surface area contributed by atoms with Gasteiger partial charge in [-0.15, -0.1) is 0 Å². The molecule has 0 aliphatic rings. The van der Waals surface area contributed by atoms with Crippen molar-refractivity contribution in [2.45, 2.75) is 39.8 Å². The van der Waals surface area contributed by atoms with Crippen molar-refractivity contribution < 1.29 is 9.84 Å². The highest BCUT2D eigenvalue weighted by atomic mass is 35.5. The lowest BCUT2D eigenvalue weighted by molar-refractivity contribution is 0.367. The van der Waals surface area contributed by atoms with E-state index >= 15 is 0 Å². The summed E-state index contributed by atoms with van der Waals surface area (Å²) < 4.78 is 5.08. The van der Waals surface area contributed by atoms with Gasteiger partial charge in [-0.25, -0.2) is 0 Å². The largest absolute Gasteiger partial charge is 0.504 e. The molecule has 0 radical (unpaired) electrons. The van der Waals surface area contributed by atoms with Crippen LogP contribution in [0.4, 0.5) is 0 Å². The number of rotatable bonds is 6. The number of benzene rings is 1. The molecule has 1 unspecified atom stereocenters. The Balaban J connectivity index is 2.70. The van der Waals surface area contributed by atoms with Crippen LogP contribution in [0.1, 0.15) is 32.8 Å². The molecule has 1 aromatic rings. The molecule has 4 heteroatoms. The fraction of sp³-hybridized carbons (Fsp3) is 0.571. The fourth-order valence-corrected chi connectivity index (χ4v) is 2.22. The zero-order valence-corrected chi connectivity index (χ0v) is 12.2. The quantitative estimate of drug-likeness (QED) is 0.831. The van der Waals surface area contributed by atoms with E-state index in [0.29, 0.717) is 29.3 Å². The second-order valence-corrected chi connectivity index (χ2v) is 5.46. The Morgan fingerprint density at radius 1 is 1.33 bits per heavy atom.